The van der Waals surface area contributed by atoms with Crippen molar-refractivity contribution in [1.29, 1.82) is 0 Å². The molecule has 0 bridgehead atoms. The Labute approximate surface area is 611 Å². The van der Waals surface area contributed by atoms with Crippen molar-refractivity contribution in [1.82, 2.24) is 60.9 Å². The van der Waals surface area contributed by atoms with E-state index in [1.165, 1.54) is 68.8 Å². The molecule has 27 heteroatoms. The number of hydrogen-bond donors (Lipinski definition) is 6. The van der Waals surface area contributed by atoms with E-state index in [0.29, 0.717) is 37.1 Å². The van der Waals surface area contributed by atoms with Crippen molar-refractivity contribution in [3.63, 3.8) is 0 Å². The fourth-order valence-corrected chi connectivity index (χ4v) is 12.6. The van der Waals surface area contributed by atoms with Crippen LogP contribution < -0.4 is 26.6 Å². The summed E-state index contributed by atoms with van der Waals surface area (Å²) in [5, 5.41) is 24.5. The Morgan fingerprint density at radius 3 is 1.36 bits per heavy atom. The van der Waals surface area contributed by atoms with Crippen LogP contribution in [0.3, 0.4) is 0 Å². The number of piperidine rings is 1. The molecule has 576 valence electrons. The molecule has 0 radical (unpaired) electrons. The maximum atomic E-state index is 15.6. The second kappa shape index (κ2) is 40.9. The van der Waals surface area contributed by atoms with Crippen molar-refractivity contribution >= 4 is 70.9 Å². The highest BCUT2D eigenvalue weighted by Crippen LogP contribution is 2.23. The van der Waals surface area contributed by atoms with Crippen molar-refractivity contribution in [2.45, 2.75) is 227 Å². The summed E-state index contributed by atoms with van der Waals surface area (Å²) in [7, 11) is 8.38. The van der Waals surface area contributed by atoms with E-state index in [2.05, 4.69) is 26.6 Å². The van der Waals surface area contributed by atoms with Crippen LogP contribution in [0.25, 0.3) is 0 Å². The molecule has 2 aromatic rings. The lowest BCUT2D eigenvalue weighted by atomic mass is 9.97. The highest BCUT2D eigenvalue weighted by atomic mass is 16.5. The zero-order chi connectivity index (χ0) is 77.5. The average Bonchev–Trinajstić information content (AvgIpc) is 0.821. The number of hydrogen-bond acceptors (Lipinski definition) is 15. The monoisotopic (exact) mass is 1440 g/mol. The molecule has 2 saturated heterocycles. The van der Waals surface area contributed by atoms with Gasteiger partial charge >= 0.3 is 0 Å². The van der Waals surface area contributed by atoms with Crippen molar-refractivity contribution in [2.24, 2.45) is 29.6 Å². The molecule has 2 aliphatic rings. The summed E-state index contributed by atoms with van der Waals surface area (Å²) >= 11 is 0. The molecule has 2 heterocycles. The molecule has 0 unspecified atom stereocenters. The first-order chi connectivity index (χ1) is 48.1. The Kier molecular flexibility index (Phi) is 34.7. The Bertz CT molecular complexity index is 3160. The summed E-state index contributed by atoms with van der Waals surface area (Å²) in [5.74, 6) is -10.7. The first-order valence-electron chi connectivity index (χ1n) is 36.5. The van der Waals surface area contributed by atoms with Crippen LogP contribution in [-0.4, -0.2) is 264 Å². The molecule has 2 aromatic carbocycles. The van der Waals surface area contributed by atoms with Gasteiger partial charge in [-0.15, -0.1) is 0 Å². The van der Waals surface area contributed by atoms with E-state index in [4.69, 9.17) is 9.47 Å². The third kappa shape index (κ3) is 26.9. The molecule has 2 aliphatic heterocycles. The van der Waals surface area contributed by atoms with E-state index < -0.39 is 174 Å². The molecule has 27 nitrogen and oxygen atoms in total. The number of ether oxygens (including phenoxy) is 2. The van der Waals surface area contributed by atoms with E-state index >= 15 is 33.6 Å². The van der Waals surface area contributed by atoms with E-state index in [-0.39, 0.29) is 63.1 Å². The summed E-state index contributed by atoms with van der Waals surface area (Å²) in [5.41, 5.74) is 0.397. The number of carbonyl (C=O) groups is 12. The second-order valence-corrected chi connectivity index (χ2v) is 30.9. The van der Waals surface area contributed by atoms with Gasteiger partial charge in [0.2, 0.25) is 70.9 Å². The number of rotatable bonds is 19. The van der Waals surface area contributed by atoms with Gasteiger partial charge in [0.05, 0.1) is 44.5 Å². The Hall–Kier alpha value is -8.04. The van der Waals surface area contributed by atoms with Crippen molar-refractivity contribution in [2.75, 3.05) is 81.7 Å². The highest BCUT2D eigenvalue weighted by molar-refractivity contribution is 6.00. The minimum Gasteiger partial charge on any atom is -0.391 e. The van der Waals surface area contributed by atoms with E-state index in [1.54, 1.807) is 114 Å². The summed E-state index contributed by atoms with van der Waals surface area (Å²) in [4.78, 5) is 189. The fourth-order valence-electron chi connectivity index (χ4n) is 12.6. The van der Waals surface area contributed by atoms with Gasteiger partial charge in [0.1, 0.15) is 60.4 Å². The van der Waals surface area contributed by atoms with Crippen LogP contribution in [0.2, 0.25) is 0 Å². The quantitative estimate of drug-likeness (QED) is 0.117. The molecular formula is C76H122N12O15. The number of aliphatic hydroxyl groups is 1. The molecule has 4 rings (SSSR count). The van der Waals surface area contributed by atoms with Crippen LogP contribution >= 0.6 is 0 Å². The summed E-state index contributed by atoms with van der Waals surface area (Å²) in [6.45, 7) is 23.5. The zero-order valence-corrected chi connectivity index (χ0v) is 64.9. The lowest BCUT2D eigenvalue weighted by Crippen LogP contribution is -2.62. The predicted octanol–water partition coefficient (Wildman–Crippen LogP) is 3.57. The molecule has 12 amide bonds. The molecule has 6 N–H and O–H groups in total. The smallest absolute Gasteiger partial charge is 0.247 e. The molecule has 2 fully saturated rings. The molecule has 0 aliphatic carbocycles. The Morgan fingerprint density at radius 2 is 0.893 bits per heavy atom. The maximum absolute atomic E-state index is 15.6. The van der Waals surface area contributed by atoms with Gasteiger partial charge in [-0.3, -0.25) is 57.5 Å². The largest absolute Gasteiger partial charge is 0.391 e. The van der Waals surface area contributed by atoms with Crippen LogP contribution in [0.15, 0.2) is 60.7 Å². The summed E-state index contributed by atoms with van der Waals surface area (Å²) in [6, 6.07) is 3.95. The normalized spacial score (nSPS) is 24.8. The van der Waals surface area contributed by atoms with Crippen molar-refractivity contribution < 1.29 is 72.1 Å². The molecular weight excluding hydrogens is 1320 g/mol. The SMILES string of the molecule is CC(C)C[C@H]1C(=O)N[C@@H](COC(C)(C)C)C(=O)N(C)[C@@H](Cc2ccccc2)C(=O)N(C)[C@@H](CC(C)C)C(=O)N[C@H](C(=O)N2CCCCC2)CC(=O)N[C@H](C(C)C)C(=O)N(C)[C@@H](Cc2ccccc2)C(=O)N[C@@H](COC[C@@H](C)O)C(=O)N(C)[C@@H](CC(C)C)C(=O)N[C@@H](C(C)C)C(=O)N(C)CC(=O)N1C. The number of nitrogens with zero attached hydrogens (tertiary/aromatic N) is 7. The standard InChI is InChI=1S/C76H122N12O15/c1-46(2)36-57-66(92)79-56(45-103-76(12,13)14)71(97)87(20)61(40-53-32-26-22-27-33-53)73(99)85(18)58(37-47(3)4)67(93)77-54(72(98)88-34-28-23-29-35-88)41-62(90)80-65(50(9)10)75(101)86(19)60(39-52-30-24-21-25-31-52)68(94)78-55(44-102-43-51(11)89)70(96)84(17)59(38-48(5)6)69(95)81-64(49(7)8)74(100)82(15)42-63(91)83(57)16/h21-22,24-27,30-33,46-51,54-61,64-65,89H,23,28-29,34-45H2,1-20H3,(H,77,93)(H,78,94)(H,79,92)(H,80,90)(H,81,95)/t51-,54+,55+,56+,57+,58+,59+,60+,61+,64+,65-/m1/s1. The second-order valence-electron chi connectivity index (χ2n) is 30.9. The molecule has 11 atom stereocenters. The zero-order valence-electron chi connectivity index (χ0n) is 64.9. The van der Waals surface area contributed by atoms with Crippen LogP contribution in [-0.2, 0) is 79.8 Å². The minimum atomic E-state index is -1.55. The van der Waals surface area contributed by atoms with E-state index in [9.17, 15) is 29.1 Å². The van der Waals surface area contributed by atoms with E-state index in [0.717, 1.165) is 16.2 Å². The molecule has 0 aromatic heterocycles. The summed E-state index contributed by atoms with van der Waals surface area (Å²) < 4.78 is 12.0. The van der Waals surface area contributed by atoms with Crippen LogP contribution in [0.4, 0.5) is 0 Å². The van der Waals surface area contributed by atoms with Crippen LogP contribution in [0.5, 0.6) is 0 Å². The lowest BCUT2D eigenvalue weighted by Gasteiger charge is -2.38. The highest BCUT2D eigenvalue weighted by Gasteiger charge is 2.44. The number of likely N-dealkylation sites (tertiary alicyclic amines) is 1. The van der Waals surface area contributed by atoms with Crippen LogP contribution in [0.1, 0.15) is 153 Å². The third-order valence-electron chi connectivity index (χ3n) is 18.7. The van der Waals surface area contributed by atoms with Gasteiger partial charge in [-0.1, -0.05) is 130 Å². The topological polar surface area (TPSA) is 326 Å². The van der Waals surface area contributed by atoms with Gasteiger partial charge in [-0.25, -0.2) is 0 Å². The van der Waals surface area contributed by atoms with E-state index in [1.807, 2.05) is 41.5 Å². The summed E-state index contributed by atoms with van der Waals surface area (Å²) in [6.07, 6.45) is 0.524. The third-order valence-corrected chi connectivity index (χ3v) is 18.7. The number of amides is 12. The van der Waals surface area contributed by atoms with Crippen molar-refractivity contribution in [3.05, 3.63) is 71.8 Å². The van der Waals surface area contributed by atoms with Gasteiger partial charge in [-0.2, -0.15) is 0 Å². The van der Waals surface area contributed by atoms with Gasteiger partial charge in [0.25, 0.3) is 0 Å². The van der Waals surface area contributed by atoms with Gasteiger partial charge < -0.3 is 75.5 Å². The number of likely N-dealkylation sites (N-methyl/N-ethyl adjacent to an activating group) is 6. The number of aliphatic hydroxyl groups excluding tert-OH is 1. The molecule has 0 saturated carbocycles. The fraction of sp³-hybridized carbons (Fsp3) is 0.684. The minimum absolute atomic E-state index is 0.0498. The Balaban J connectivity index is 2.01. The number of carbonyl (C=O) groups excluding carboxylic acids is 12. The molecule has 103 heavy (non-hydrogen) atoms. The van der Waals surface area contributed by atoms with Gasteiger partial charge in [-0.05, 0) is 107 Å². The number of nitrogens with one attached hydrogen (secondary N) is 5. The first kappa shape index (κ1) is 87.4. The average molecular weight is 1440 g/mol. The maximum Gasteiger partial charge on any atom is 0.247 e. The van der Waals surface area contributed by atoms with Gasteiger partial charge in [0, 0.05) is 68.2 Å². The Morgan fingerprint density at radius 1 is 0.485 bits per heavy atom. The lowest BCUT2D eigenvalue weighted by molar-refractivity contribution is -0.151. The van der Waals surface area contributed by atoms with Gasteiger partial charge in [0.15, 0.2) is 0 Å². The number of benzene rings is 2. The first-order valence-corrected chi connectivity index (χ1v) is 36.5. The molecule has 0 spiro atoms. The van der Waals surface area contributed by atoms with Crippen LogP contribution in [0, 0.1) is 29.6 Å². The van der Waals surface area contributed by atoms with Crippen molar-refractivity contribution in [3.8, 4) is 0 Å². The predicted molar refractivity (Wildman–Crippen MR) is 392 cm³/mol.